The van der Waals surface area contributed by atoms with E-state index in [1.165, 1.54) is 7.11 Å². The molecule has 0 amide bonds. The summed E-state index contributed by atoms with van der Waals surface area (Å²) in [6.07, 6.45) is 1.08. The molecule has 1 N–H and O–H groups in total. The van der Waals surface area contributed by atoms with Crippen LogP contribution >= 0.6 is 11.8 Å². The lowest BCUT2D eigenvalue weighted by atomic mass is 10.1. The fraction of sp³-hybridized carbons (Fsp3) is 0.857. The number of carbonyl (C=O) groups excluding carboxylic acids is 1. The summed E-state index contributed by atoms with van der Waals surface area (Å²) in [5.41, 5.74) is 0. The molecule has 1 heterocycles. The number of methoxy groups -OCH3 is 1. The fourth-order valence-corrected chi connectivity index (χ4v) is 2.39. The van der Waals surface area contributed by atoms with Crippen molar-refractivity contribution in [2.45, 2.75) is 24.2 Å². The van der Waals surface area contributed by atoms with Crippen molar-refractivity contribution in [3.8, 4) is 0 Å². The third-order valence-corrected chi connectivity index (χ3v) is 3.21. The van der Waals surface area contributed by atoms with E-state index in [0.717, 1.165) is 18.6 Å². The van der Waals surface area contributed by atoms with Crippen molar-refractivity contribution < 1.29 is 14.6 Å². The van der Waals surface area contributed by atoms with Crippen molar-refractivity contribution in [3.05, 3.63) is 0 Å². The summed E-state index contributed by atoms with van der Waals surface area (Å²) in [4.78, 5) is 10.8. The number of hydrogen-bond donors (Lipinski definition) is 1. The van der Waals surface area contributed by atoms with Gasteiger partial charge in [-0.2, -0.15) is 11.8 Å². The Morgan fingerprint density at radius 2 is 2.55 bits per heavy atom. The number of ether oxygens (including phenoxy) is 1. The average Bonchev–Trinajstić information content (AvgIpc) is 2.53. The molecule has 0 radical (unpaired) electrons. The van der Waals surface area contributed by atoms with Gasteiger partial charge in [-0.1, -0.05) is 0 Å². The molecule has 0 bridgehead atoms. The molecule has 3 nitrogen and oxygen atoms in total. The molecular weight excluding hydrogens is 164 g/mol. The van der Waals surface area contributed by atoms with E-state index in [1.54, 1.807) is 11.8 Å². The Bertz CT molecular complexity index is 143. The molecule has 4 heteroatoms. The highest BCUT2D eigenvalue weighted by atomic mass is 32.2. The molecule has 2 unspecified atom stereocenters. The second-order valence-corrected chi connectivity index (χ2v) is 3.87. The Balaban J connectivity index is 2.39. The predicted octanol–water partition coefficient (Wildman–Crippen LogP) is 0.416. The highest BCUT2D eigenvalue weighted by Crippen LogP contribution is 2.28. The minimum atomic E-state index is -0.924. The molecule has 1 rings (SSSR count). The van der Waals surface area contributed by atoms with Crippen molar-refractivity contribution in [2.24, 2.45) is 0 Å². The van der Waals surface area contributed by atoms with Crippen LogP contribution in [0.3, 0.4) is 0 Å². The van der Waals surface area contributed by atoms with Gasteiger partial charge >= 0.3 is 5.97 Å². The second-order valence-electron chi connectivity index (χ2n) is 2.52. The zero-order valence-electron chi connectivity index (χ0n) is 6.45. The first kappa shape index (κ1) is 8.87. The third kappa shape index (κ3) is 2.10. The lowest BCUT2D eigenvalue weighted by Crippen LogP contribution is -2.31. The summed E-state index contributed by atoms with van der Waals surface area (Å²) in [6.45, 7) is 0. The Kier molecular flexibility index (Phi) is 3.20. The summed E-state index contributed by atoms with van der Waals surface area (Å²) >= 11 is 1.64. The van der Waals surface area contributed by atoms with Gasteiger partial charge in [0.25, 0.3) is 0 Å². The van der Waals surface area contributed by atoms with Crippen LogP contribution in [0.15, 0.2) is 0 Å². The van der Waals surface area contributed by atoms with Crippen LogP contribution in [0.1, 0.15) is 12.8 Å². The SMILES string of the molecule is COC(=O)C(O)C1CCCS1. The molecule has 1 aliphatic heterocycles. The number of carbonyl (C=O) groups is 1. The maximum Gasteiger partial charge on any atom is 0.335 e. The topological polar surface area (TPSA) is 46.5 Å². The van der Waals surface area contributed by atoms with Crippen molar-refractivity contribution in [1.82, 2.24) is 0 Å². The fourth-order valence-electron chi connectivity index (χ4n) is 1.12. The van der Waals surface area contributed by atoms with Crippen LogP contribution in [0.2, 0.25) is 0 Å². The Morgan fingerprint density at radius 1 is 1.82 bits per heavy atom. The number of aliphatic hydroxyl groups is 1. The van der Waals surface area contributed by atoms with E-state index < -0.39 is 12.1 Å². The number of aliphatic hydroxyl groups excluding tert-OH is 1. The summed E-state index contributed by atoms with van der Waals surface area (Å²) in [6, 6.07) is 0. The molecule has 0 spiro atoms. The first-order valence-electron chi connectivity index (χ1n) is 3.63. The lowest BCUT2D eigenvalue weighted by Gasteiger charge is -2.13. The van der Waals surface area contributed by atoms with Crippen LogP contribution in [0, 0.1) is 0 Å². The van der Waals surface area contributed by atoms with Gasteiger partial charge < -0.3 is 9.84 Å². The molecular formula is C7H12O3S. The van der Waals surface area contributed by atoms with Gasteiger partial charge in [-0.25, -0.2) is 4.79 Å². The summed E-state index contributed by atoms with van der Waals surface area (Å²) < 4.78 is 4.42. The van der Waals surface area contributed by atoms with Gasteiger partial charge in [0.05, 0.1) is 7.11 Å². The van der Waals surface area contributed by atoms with E-state index in [-0.39, 0.29) is 5.25 Å². The van der Waals surface area contributed by atoms with E-state index in [4.69, 9.17) is 0 Å². The standard InChI is InChI=1S/C7H12O3S/c1-10-7(9)6(8)5-3-2-4-11-5/h5-6,8H,2-4H2,1H3. The first-order valence-corrected chi connectivity index (χ1v) is 4.68. The Morgan fingerprint density at radius 3 is 3.00 bits per heavy atom. The van der Waals surface area contributed by atoms with Gasteiger partial charge in [0.1, 0.15) is 0 Å². The molecule has 0 saturated carbocycles. The van der Waals surface area contributed by atoms with E-state index >= 15 is 0 Å². The molecule has 0 aliphatic carbocycles. The Labute approximate surface area is 70.1 Å². The highest BCUT2D eigenvalue weighted by molar-refractivity contribution is 8.00. The molecule has 1 fully saturated rings. The van der Waals surface area contributed by atoms with Crippen LogP contribution < -0.4 is 0 Å². The molecule has 0 aromatic carbocycles. The van der Waals surface area contributed by atoms with E-state index in [1.807, 2.05) is 0 Å². The zero-order valence-corrected chi connectivity index (χ0v) is 7.26. The number of esters is 1. The van der Waals surface area contributed by atoms with Gasteiger partial charge in [-0.05, 0) is 18.6 Å². The van der Waals surface area contributed by atoms with Crippen molar-refractivity contribution >= 4 is 17.7 Å². The monoisotopic (exact) mass is 176 g/mol. The van der Waals surface area contributed by atoms with Gasteiger partial charge in [-0.3, -0.25) is 0 Å². The van der Waals surface area contributed by atoms with Gasteiger partial charge in [0.15, 0.2) is 6.10 Å². The number of thioether (sulfide) groups is 1. The van der Waals surface area contributed by atoms with Crippen LogP contribution in [-0.2, 0) is 9.53 Å². The maximum atomic E-state index is 10.8. The predicted molar refractivity (Wildman–Crippen MR) is 43.5 cm³/mol. The quantitative estimate of drug-likeness (QED) is 0.619. The van der Waals surface area contributed by atoms with E-state index in [9.17, 15) is 9.90 Å². The highest BCUT2D eigenvalue weighted by Gasteiger charge is 2.29. The van der Waals surface area contributed by atoms with Crippen molar-refractivity contribution in [1.29, 1.82) is 0 Å². The van der Waals surface area contributed by atoms with Gasteiger partial charge in [0.2, 0.25) is 0 Å². The minimum Gasteiger partial charge on any atom is -0.467 e. The van der Waals surface area contributed by atoms with Crippen LogP contribution in [0.4, 0.5) is 0 Å². The molecule has 1 aliphatic rings. The normalized spacial score (nSPS) is 26.5. The first-order chi connectivity index (χ1) is 5.25. The third-order valence-electron chi connectivity index (χ3n) is 1.76. The summed E-state index contributed by atoms with van der Waals surface area (Å²) in [5.74, 6) is 0.531. The van der Waals surface area contributed by atoms with Crippen LogP contribution in [-0.4, -0.2) is 35.3 Å². The van der Waals surface area contributed by atoms with Crippen LogP contribution in [0.25, 0.3) is 0 Å². The molecule has 11 heavy (non-hydrogen) atoms. The van der Waals surface area contributed by atoms with Crippen LogP contribution in [0.5, 0.6) is 0 Å². The number of hydrogen-bond acceptors (Lipinski definition) is 4. The minimum absolute atomic E-state index is 0.0578. The number of rotatable bonds is 2. The van der Waals surface area contributed by atoms with Gasteiger partial charge in [-0.15, -0.1) is 0 Å². The smallest absolute Gasteiger partial charge is 0.335 e. The summed E-state index contributed by atoms with van der Waals surface area (Å²) in [7, 11) is 1.30. The summed E-state index contributed by atoms with van der Waals surface area (Å²) in [5, 5.41) is 9.38. The molecule has 0 aromatic heterocycles. The maximum absolute atomic E-state index is 10.8. The van der Waals surface area contributed by atoms with Gasteiger partial charge in [0, 0.05) is 5.25 Å². The molecule has 2 atom stereocenters. The van der Waals surface area contributed by atoms with E-state index in [2.05, 4.69) is 4.74 Å². The molecule has 0 aromatic rings. The molecule has 1 saturated heterocycles. The Hall–Kier alpha value is -0.220. The van der Waals surface area contributed by atoms with Crippen molar-refractivity contribution in [2.75, 3.05) is 12.9 Å². The van der Waals surface area contributed by atoms with E-state index in [0.29, 0.717) is 0 Å². The second kappa shape index (κ2) is 3.97. The lowest BCUT2D eigenvalue weighted by molar-refractivity contribution is -0.150. The van der Waals surface area contributed by atoms with Crippen molar-refractivity contribution in [3.63, 3.8) is 0 Å². The largest absolute Gasteiger partial charge is 0.467 e. The zero-order chi connectivity index (χ0) is 8.27. The molecule has 64 valence electrons. The average molecular weight is 176 g/mol.